The predicted molar refractivity (Wildman–Crippen MR) is 135 cm³/mol. The molecule has 9 heteroatoms. The van der Waals surface area contributed by atoms with Crippen molar-refractivity contribution in [3.8, 4) is 0 Å². The number of fused-ring (bicyclic) bond motifs is 2. The number of hydrogen-bond acceptors (Lipinski definition) is 7. The third-order valence-corrected chi connectivity index (χ3v) is 7.78. The molecule has 1 N–H and O–H groups in total. The van der Waals surface area contributed by atoms with Gasteiger partial charge < -0.3 is 10.1 Å². The Hall–Kier alpha value is -2.55. The zero-order valence-corrected chi connectivity index (χ0v) is 20.6. The van der Waals surface area contributed by atoms with E-state index in [0.29, 0.717) is 29.1 Å². The second-order valence-electron chi connectivity index (χ2n) is 9.87. The molecule has 1 saturated heterocycles. The van der Waals surface area contributed by atoms with Crippen molar-refractivity contribution < 1.29 is 9.53 Å². The maximum atomic E-state index is 13.2. The summed E-state index contributed by atoms with van der Waals surface area (Å²) in [6.07, 6.45) is 8.15. The van der Waals surface area contributed by atoms with Crippen molar-refractivity contribution in [2.75, 3.05) is 44.7 Å². The SMILES string of the molecule is O=C1Cc2ccc(Cl)cc2C1c1nc(NCCCN2CCOCC2)nc2nn(C3CCCC3)cc12. The number of carbonyl (C=O) groups is 1. The molecule has 0 amide bonds. The number of ether oxygens (including phenoxy) is 1. The summed E-state index contributed by atoms with van der Waals surface area (Å²) < 4.78 is 7.49. The van der Waals surface area contributed by atoms with Crippen molar-refractivity contribution in [2.24, 2.45) is 0 Å². The van der Waals surface area contributed by atoms with Crippen molar-refractivity contribution in [1.82, 2.24) is 24.6 Å². The number of rotatable bonds is 7. The average molecular weight is 495 g/mol. The smallest absolute Gasteiger partial charge is 0.225 e. The number of nitrogens with one attached hydrogen (secondary N) is 1. The van der Waals surface area contributed by atoms with Crippen LogP contribution in [0.1, 0.15) is 60.9 Å². The molecule has 1 aliphatic heterocycles. The quantitative estimate of drug-likeness (QED) is 0.497. The molecule has 1 aromatic carbocycles. The Bertz CT molecular complexity index is 1230. The van der Waals surface area contributed by atoms with Crippen LogP contribution in [0.25, 0.3) is 11.0 Å². The summed E-state index contributed by atoms with van der Waals surface area (Å²) in [6.45, 7) is 5.34. The van der Waals surface area contributed by atoms with Gasteiger partial charge in [-0.15, -0.1) is 0 Å². The maximum Gasteiger partial charge on any atom is 0.225 e. The number of Topliss-reactive ketones (excluding diaryl/α,β-unsaturated/α-hetero) is 1. The monoisotopic (exact) mass is 494 g/mol. The van der Waals surface area contributed by atoms with Crippen LogP contribution < -0.4 is 5.32 Å². The van der Waals surface area contributed by atoms with E-state index < -0.39 is 5.92 Å². The van der Waals surface area contributed by atoms with Crippen molar-refractivity contribution in [2.45, 2.75) is 50.5 Å². The van der Waals surface area contributed by atoms with E-state index >= 15 is 0 Å². The van der Waals surface area contributed by atoms with Crippen LogP contribution in [0.3, 0.4) is 0 Å². The van der Waals surface area contributed by atoms with Crippen LogP contribution in [-0.4, -0.2) is 69.8 Å². The molecule has 1 unspecified atom stereocenters. The fourth-order valence-corrected chi connectivity index (χ4v) is 5.87. The first kappa shape index (κ1) is 22.9. The summed E-state index contributed by atoms with van der Waals surface area (Å²) >= 11 is 6.33. The largest absolute Gasteiger partial charge is 0.379 e. The van der Waals surface area contributed by atoms with Gasteiger partial charge in [0.05, 0.1) is 36.3 Å². The number of halogens is 1. The molecule has 184 valence electrons. The number of ketones is 1. The number of aromatic nitrogens is 4. The van der Waals surface area contributed by atoms with E-state index in [1.807, 2.05) is 18.2 Å². The second kappa shape index (κ2) is 9.84. The van der Waals surface area contributed by atoms with Crippen molar-refractivity contribution >= 4 is 34.4 Å². The maximum absolute atomic E-state index is 13.2. The van der Waals surface area contributed by atoms with E-state index in [1.165, 1.54) is 12.8 Å². The molecular formula is C26H31ClN6O2. The minimum absolute atomic E-state index is 0.147. The van der Waals surface area contributed by atoms with Gasteiger partial charge in [0.15, 0.2) is 11.4 Å². The van der Waals surface area contributed by atoms with Gasteiger partial charge in [-0.1, -0.05) is 30.5 Å². The molecule has 35 heavy (non-hydrogen) atoms. The number of morpholine rings is 1. The van der Waals surface area contributed by atoms with Gasteiger partial charge in [0.2, 0.25) is 5.95 Å². The first-order valence-corrected chi connectivity index (χ1v) is 13.2. The Morgan fingerprint density at radius 2 is 1.97 bits per heavy atom. The summed E-state index contributed by atoms with van der Waals surface area (Å²) in [5.41, 5.74) is 3.37. The average Bonchev–Trinajstić information content (AvgIpc) is 3.60. The molecule has 0 spiro atoms. The molecule has 0 radical (unpaired) electrons. The first-order chi connectivity index (χ1) is 17.2. The minimum atomic E-state index is -0.440. The Labute approximate surface area is 210 Å². The molecule has 3 aliphatic rings. The third-order valence-electron chi connectivity index (χ3n) is 7.54. The summed E-state index contributed by atoms with van der Waals surface area (Å²) in [4.78, 5) is 25.3. The number of benzene rings is 1. The van der Waals surface area contributed by atoms with Crippen molar-refractivity contribution in [3.63, 3.8) is 0 Å². The zero-order chi connectivity index (χ0) is 23.8. The lowest BCUT2D eigenvalue weighted by Gasteiger charge is -2.26. The van der Waals surface area contributed by atoms with Crippen LogP contribution in [0.15, 0.2) is 24.4 Å². The highest BCUT2D eigenvalue weighted by molar-refractivity contribution is 6.30. The summed E-state index contributed by atoms with van der Waals surface area (Å²) in [6, 6.07) is 6.12. The molecule has 2 aromatic heterocycles. The topological polar surface area (TPSA) is 85.2 Å². The van der Waals surface area contributed by atoms with Gasteiger partial charge >= 0.3 is 0 Å². The van der Waals surface area contributed by atoms with E-state index in [2.05, 4.69) is 21.1 Å². The number of nitrogens with zero attached hydrogens (tertiary/aromatic N) is 5. The van der Waals surface area contributed by atoms with Gasteiger partial charge in [-0.3, -0.25) is 14.4 Å². The van der Waals surface area contributed by atoms with Crippen LogP contribution in [0.4, 0.5) is 5.95 Å². The van der Waals surface area contributed by atoms with Crippen molar-refractivity contribution in [1.29, 1.82) is 0 Å². The Morgan fingerprint density at radius 3 is 2.80 bits per heavy atom. The van der Waals surface area contributed by atoms with Crippen LogP contribution in [0.5, 0.6) is 0 Å². The van der Waals surface area contributed by atoms with Gasteiger partial charge in [0, 0.05) is 37.3 Å². The molecule has 2 fully saturated rings. The van der Waals surface area contributed by atoms with E-state index in [4.69, 9.17) is 31.4 Å². The molecule has 1 saturated carbocycles. The lowest BCUT2D eigenvalue weighted by Crippen LogP contribution is -2.37. The molecule has 6 rings (SSSR count). The number of anilines is 1. The Kier molecular flexibility index (Phi) is 6.43. The van der Waals surface area contributed by atoms with Crippen molar-refractivity contribution in [3.05, 3.63) is 46.2 Å². The van der Waals surface area contributed by atoms with Gasteiger partial charge in [-0.2, -0.15) is 10.1 Å². The summed E-state index contributed by atoms with van der Waals surface area (Å²) in [7, 11) is 0. The highest BCUT2D eigenvalue weighted by atomic mass is 35.5. The third kappa shape index (κ3) is 4.67. The van der Waals surface area contributed by atoms with E-state index in [0.717, 1.165) is 80.9 Å². The Balaban J connectivity index is 1.31. The van der Waals surface area contributed by atoms with E-state index in [-0.39, 0.29) is 5.78 Å². The fraction of sp³-hybridized carbons (Fsp3) is 0.538. The van der Waals surface area contributed by atoms with E-state index in [9.17, 15) is 4.79 Å². The van der Waals surface area contributed by atoms with Gasteiger partial charge in [0.25, 0.3) is 0 Å². The number of carbonyl (C=O) groups excluding carboxylic acids is 1. The second-order valence-corrected chi connectivity index (χ2v) is 10.3. The Morgan fingerprint density at radius 1 is 1.14 bits per heavy atom. The summed E-state index contributed by atoms with van der Waals surface area (Å²) in [5, 5.41) is 9.76. The van der Waals surface area contributed by atoms with Crippen LogP contribution >= 0.6 is 11.6 Å². The summed E-state index contributed by atoms with van der Waals surface area (Å²) in [5.74, 6) is 0.243. The lowest BCUT2D eigenvalue weighted by atomic mass is 9.95. The van der Waals surface area contributed by atoms with Gasteiger partial charge in [-0.05, 0) is 49.1 Å². The standard InChI is InChI=1S/C26H31ClN6O2/c27-18-7-6-17-14-22(34)23(20(17)15-18)24-21-16-33(19-4-1-2-5-19)31-25(21)30-26(29-24)28-8-3-9-32-10-12-35-13-11-32/h6-7,15-16,19,23H,1-5,8-14H2,(H,28,30,31). The van der Waals surface area contributed by atoms with Gasteiger partial charge in [-0.25, -0.2) is 4.98 Å². The fourth-order valence-electron chi connectivity index (χ4n) is 5.69. The van der Waals surface area contributed by atoms with E-state index in [1.54, 1.807) is 0 Å². The number of hydrogen-bond donors (Lipinski definition) is 1. The molecule has 3 heterocycles. The van der Waals surface area contributed by atoms with Crippen LogP contribution in [0.2, 0.25) is 5.02 Å². The van der Waals surface area contributed by atoms with Crippen LogP contribution in [-0.2, 0) is 16.0 Å². The molecule has 1 atom stereocenters. The van der Waals surface area contributed by atoms with Crippen LogP contribution in [0, 0.1) is 0 Å². The first-order valence-electron chi connectivity index (χ1n) is 12.8. The zero-order valence-electron chi connectivity index (χ0n) is 19.9. The molecular weight excluding hydrogens is 464 g/mol. The highest BCUT2D eigenvalue weighted by Crippen LogP contribution is 2.39. The molecule has 2 aliphatic carbocycles. The minimum Gasteiger partial charge on any atom is -0.379 e. The normalized spacial score (nSPS) is 21.2. The lowest BCUT2D eigenvalue weighted by molar-refractivity contribution is -0.118. The predicted octanol–water partition coefficient (Wildman–Crippen LogP) is 3.99. The molecule has 3 aromatic rings. The highest BCUT2D eigenvalue weighted by Gasteiger charge is 2.35. The molecule has 8 nitrogen and oxygen atoms in total. The van der Waals surface area contributed by atoms with Gasteiger partial charge in [0.1, 0.15) is 0 Å². The molecule has 0 bridgehead atoms.